The highest BCUT2D eigenvalue weighted by molar-refractivity contribution is 5.76. The van der Waals surface area contributed by atoms with Crippen LogP contribution in [0.3, 0.4) is 0 Å². The minimum Gasteiger partial charge on any atom is -0.480 e. The molecule has 1 unspecified atom stereocenters. The lowest BCUT2D eigenvalue weighted by Crippen LogP contribution is -2.31. The van der Waals surface area contributed by atoms with Crippen molar-refractivity contribution in [2.75, 3.05) is 19.0 Å². The quantitative estimate of drug-likeness (QED) is 0.740. The maximum atomic E-state index is 11.0. The fraction of sp³-hybridized carbons (Fsp3) is 0.500. The number of aryl methyl sites for hydroxylation is 1. The van der Waals surface area contributed by atoms with E-state index >= 15 is 0 Å². The van der Waals surface area contributed by atoms with Crippen LogP contribution in [0.2, 0.25) is 0 Å². The molecule has 0 spiro atoms. The molecule has 1 rings (SSSR count). The van der Waals surface area contributed by atoms with Gasteiger partial charge in [0.25, 0.3) is 0 Å². The van der Waals surface area contributed by atoms with Crippen molar-refractivity contribution < 1.29 is 14.6 Å². The fourth-order valence-corrected chi connectivity index (χ4v) is 1.21. The first-order valence-electron chi connectivity index (χ1n) is 4.91. The van der Waals surface area contributed by atoms with Crippen molar-refractivity contribution in [1.82, 2.24) is 9.97 Å². The highest BCUT2D eigenvalue weighted by Gasteiger charge is 2.18. The third kappa shape index (κ3) is 3.47. The third-order valence-corrected chi connectivity index (χ3v) is 2.10. The predicted octanol–water partition coefficient (Wildman–Crippen LogP) is 0.687. The third-order valence-electron chi connectivity index (χ3n) is 2.10. The standard InChI is InChI=1S/C10H15N3O3/c1-7-9(12-5-4-11-7)13-8(10(14)15)3-6-16-2/h4-5,8H,3,6H2,1-2H3,(H,12,13)(H,14,15). The molecular formula is C10H15N3O3. The molecule has 6 heteroatoms. The van der Waals surface area contributed by atoms with Gasteiger partial charge in [0.2, 0.25) is 0 Å². The Bertz CT molecular complexity index is 357. The number of methoxy groups -OCH3 is 1. The van der Waals surface area contributed by atoms with Gasteiger partial charge in [0.15, 0.2) is 0 Å². The Balaban J connectivity index is 2.68. The van der Waals surface area contributed by atoms with Crippen molar-refractivity contribution in [3.8, 4) is 0 Å². The molecule has 1 atom stereocenters. The molecule has 16 heavy (non-hydrogen) atoms. The molecule has 0 saturated heterocycles. The molecule has 2 N–H and O–H groups in total. The number of carboxylic acid groups (broad SMARTS) is 1. The van der Waals surface area contributed by atoms with E-state index < -0.39 is 12.0 Å². The minimum atomic E-state index is -0.929. The second kappa shape index (κ2) is 6.02. The number of hydrogen-bond donors (Lipinski definition) is 2. The topological polar surface area (TPSA) is 84.3 Å². The number of rotatable bonds is 6. The molecule has 0 aliphatic rings. The number of anilines is 1. The smallest absolute Gasteiger partial charge is 0.326 e. The van der Waals surface area contributed by atoms with E-state index in [0.717, 1.165) is 0 Å². The number of carbonyl (C=O) groups is 1. The summed E-state index contributed by atoms with van der Waals surface area (Å²) < 4.78 is 4.85. The molecule has 0 fully saturated rings. The van der Waals surface area contributed by atoms with Gasteiger partial charge in [-0.2, -0.15) is 0 Å². The summed E-state index contributed by atoms with van der Waals surface area (Å²) in [6, 6.07) is -0.713. The molecule has 88 valence electrons. The van der Waals surface area contributed by atoms with Gasteiger partial charge >= 0.3 is 5.97 Å². The van der Waals surface area contributed by atoms with Crippen LogP contribution >= 0.6 is 0 Å². The SMILES string of the molecule is COCCC(Nc1nccnc1C)C(=O)O. The normalized spacial score (nSPS) is 12.1. The van der Waals surface area contributed by atoms with E-state index in [1.807, 2.05) is 0 Å². The Kier molecular flexibility index (Phi) is 4.65. The summed E-state index contributed by atoms with van der Waals surface area (Å²) in [7, 11) is 1.53. The predicted molar refractivity (Wildman–Crippen MR) is 58.3 cm³/mol. The van der Waals surface area contributed by atoms with Crippen molar-refractivity contribution in [2.24, 2.45) is 0 Å². The second-order valence-corrected chi connectivity index (χ2v) is 3.31. The molecule has 0 aliphatic heterocycles. The molecule has 0 aromatic carbocycles. The van der Waals surface area contributed by atoms with Gasteiger partial charge in [-0.05, 0) is 6.92 Å². The number of nitrogens with zero attached hydrogens (tertiary/aromatic N) is 2. The van der Waals surface area contributed by atoms with Crippen LogP contribution in [-0.2, 0) is 9.53 Å². The lowest BCUT2D eigenvalue weighted by molar-refractivity contribution is -0.138. The van der Waals surface area contributed by atoms with Gasteiger partial charge in [-0.25, -0.2) is 9.78 Å². The van der Waals surface area contributed by atoms with E-state index in [4.69, 9.17) is 9.84 Å². The van der Waals surface area contributed by atoms with Crippen LogP contribution in [0.4, 0.5) is 5.82 Å². The number of aromatic nitrogens is 2. The number of aliphatic carboxylic acids is 1. The summed E-state index contributed by atoms with van der Waals surface area (Å²) in [5.74, 6) is -0.437. The van der Waals surface area contributed by atoms with Crippen LogP contribution in [0.15, 0.2) is 12.4 Å². The van der Waals surface area contributed by atoms with Crippen molar-refractivity contribution >= 4 is 11.8 Å². The largest absolute Gasteiger partial charge is 0.480 e. The minimum absolute atomic E-state index is 0.377. The van der Waals surface area contributed by atoms with Crippen LogP contribution < -0.4 is 5.32 Å². The lowest BCUT2D eigenvalue weighted by atomic mass is 10.2. The highest BCUT2D eigenvalue weighted by atomic mass is 16.5. The fourth-order valence-electron chi connectivity index (χ4n) is 1.21. The van der Waals surface area contributed by atoms with Crippen molar-refractivity contribution in [2.45, 2.75) is 19.4 Å². The first kappa shape index (κ1) is 12.4. The van der Waals surface area contributed by atoms with E-state index in [2.05, 4.69) is 15.3 Å². The summed E-state index contributed by atoms with van der Waals surface area (Å²) in [6.45, 7) is 2.15. The molecule has 6 nitrogen and oxygen atoms in total. The number of ether oxygens (including phenoxy) is 1. The van der Waals surface area contributed by atoms with Gasteiger partial charge in [0.05, 0.1) is 5.69 Å². The zero-order chi connectivity index (χ0) is 12.0. The van der Waals surface area contributed by atoms with Crippen LogP contribution in [0.1, 0.15) is 12.1 Å². The van der Waals surface area contributed by atoms with E-state index in [9.17, 15) is 4.79 Å². The van der Waals surface area contributed by atoms with Gasteiger partial charge in [-0.3, -0.25) is 4.98 Å². The van der Waals surface area contributed by atoms with Crippen LogP contribution in [0.25, 0.3) is 0 Å². The second-order valence-electron chi connectivity index (χ2n) is 3.31. The summed E-state index contributed by atoms with van der Waals surface area (Å²) >= 11 is 0. The zero-order valence-electron chi connectivity index (χ0n) is 9.30. The van der Waals surface area contributed by atoms with Gasteiger partial charge in [0, 0.05) is 32.5 Å². The molecule has 1 heterocycles. The molecule has 0 radical (unpaired) electrons. The van der Waals surface area contributed by atoms with Crippen molar-refractivity contribution in [1.29, 1.82) is 0 Å². The summed E-state index contributed by atoms with van der Waals surface area (Å²) in [4.78, 5) is 19.0. The first-order valence-corrected chi connectivity index (χ1v) is 4.91. The highest BCUT2D eigenvalue weighted by Crippen LogP contribution is 2.09. The van der Waals surface area contributed by atoms with Crippen molar-refractivity contribution in [3.05, 3.63) is 18.1 Å². The van der Waals surface area contributed by atoms with E-state index in [1.54, 1.807) is 13.1 Å². The van der Waals surface area contributed by atoms with E-state index in [1.165, 1.54) is 13.3 Å². The number of hydrogen-bond acceptors (Lipinski definition) is 5. The molecule has 0 saturated carbocycles. The molecule has 0 aliphatic carbocycles. The summed E-state index contributed by atoms with van der Waals surface area (Å²) in [5.41, 5.74) is 0.672. The Hall–Kier alpha value is -1.69. The maximum absolute atomic E-state index is 11.0. The van der Waals surface area contributed by atoms with Gasteiger partial charge in [-0.1, -0.05) is 0 Å². The Morgan fingerprint density at radius 1 is 1.56 bits per heavy atom. The first-order chi connectivity index (χ1) is 7.65. The van der Waals surface area contributed by atoms with Crippen LogP contribution in [0.5, 0.6) is 0 Å². The van der Waals surface area contributed by atoms with Crippen molar-refractivity contribution in [3.63, 3.8) is 0 Å². The van der Waals surface area contributed by atoms with Gasteiger partial charge in [-0.15, -0.1) is 0 Å². The molecular weight excluding hydrogens is 210 g/mol. The monoisotopic (exact) mass is 225 g/mol. The average Bonchev–Trinajstić information content (AvgIpc) is 2.26. The number of carboxylic acids is 1. The Labute approximate surface area is 93.7 Å². The molecule has 1 aromatic heterocycles. The average molecular weight is 225 g/mol. The van der Waals surface area contributed by atoms with Crippen LogP contribution in [-0.4, -0.2) is 40.8 Å². The van der Waals surface area contributed by atoms with E-state index in [-0.39, 0.29) is 0 Å². The number of nitrogens with one attached hydrogen (secondary N) is 1. The summed E-state index contributed by atoms with van der Waals surface area (Å²) in [6.07, 6.45) is 3.46. The maximum Gasteiger partial charge on any atom is 0.326 e. The van der Waals surface area contributed by atoms with E-state index in [0.29, 0.717) is 24.5 Å². The zero-order valence-corrected chi connectivity index (χ0v) is 9.30. The van der Waals surface area contributed by atoms with Gasteiger partial charge < -0.3 is 15.2 Å². The lowest BCUT2D eigenvalue weighted by Gasteiger charge is -2.15. The van der Waals surface area contributed by atoms with Gasteiger partial charge in [0.1, 0.15) is 11.9 Å². The molecule has 1 aromatic rings. The Morgan fingerprint density at radius 3 is 2.81 bits per heavy atom. The molecule has 0 amide bonds. The summed E-state index contributed by atoms with van der Waals surface area (Å²) in [5, 5.41) is 11.8. The van der Waals surface area contributed by atoms with Crippen LogP contribution in [0, 0.1) is 6.92 Å². The molecule has 0 bridgehead atoms. The Morgan fingerprint density at radius 2 is 2.25 bits per heavy atom.